The van der Waals surface area contributed by atoms with Crippen molar-refractivity contribution >= 4 is 29.0 Å². The Kier molecular flexibility index (Phi) is 5.55. The number of anilines is 1. The van der Waals surface area contributed by atoms with Crippen molar-refractivity contribution in [3.05, 3.63) is 87.1 Å². The minimum atomic E-state index is -0.964. The number of hydrogen-bond donors (Lipinski definition) is 2. The molecule has 2 amide bonds. The normalized spacial score (nSPS) is 13.6. The number of thiophene rings is 1. The molecule has 1 aliphatic rings. The van der Waals surface area contributed by atoms with Crippen LogP contribution >= 0.6 is 11.3 Å². The van der Waals surface area contributed by atoms with Gasteiger partial charge >= 0.3 is 12.0 Å². The van der Waals surface area contributed by atoms with Gasteiger partial charge < -0.3 is 15.3 Å². The number of nitrogens with one attached hydrogen (secondary N) is 1. The van der Waals surface area contributed by atoms with Crippen LogP contribution < -0.4 is 5.32 Å². The van der Waals surface area contributed by atoms with Crippen molar-refractivity contribution in [3.63, 3.8) is 0 Å². The summed E-state index contributed by atoms with van der Waals surface area (Å²) in [5.74, 6) is 5.44. The molecule has 150 valence electrons. The Hall–Kier alpha value is -3.56. The lowest BCUT2D eigenvalue weighted by atomic mass is 10.0. The molecule has 3 aromatic rings. The van der Waals surface area contributed by atoms with Gasteiger partial charge in [-0.2, -0.15) is 0 Å². The molecule has 30 heavy (non-hydrogen) atoms. The molecule has 0 radical (unpaired) electrons. The van der Waals surface area contributed by atoms with Gasteiger partial charge in [0.15, 0.2) is 0 Å². The van der Waals surface area contributed by atoms with Gasteiger partial charge in [0.25, 0.3) is 0 Å². The summed E-state index contributed by atoms with van der Waals surface area (Å²) in [7, 11) is 0. The van der Waals surface area contributed by atoms with Gasteiger partial charge in [-0.3, -0.25) is 0 Å². The van der Waals surface area contributed by atoms with Crippen molar-refractivity contribution in [2.75, 3.05) is 5.32 Å². The smallest absolute Gasteiger partial charge is 0.335 e. The topological polar surface area (TPSA) is 69.6 Å². The third-order valence-electron chi connectivity index (χ3n) is 5.08. The molecule has 0 saturated carbocycles. The van der Waals surface area contributed by atoms with E-state index in [0.717, 1.165) is 21.0 Å². The lowest BCUT2D eigenvalue weighted by Gasteiger charge is -2.32. The standard InChI is InChI=1S/C24H20N2O3S/c1-16(18-10-12-19(13-11-18)23(27)28)26-15-22-21(25-24(26)29)14-20(30-22)9-5-8-17-6-3-2-4-7-17/h2-4,6-7,10-14,16H,8,15H2,1H3,(H,25,29)(H,27,28). The van der Waals surface area contributed by atoms with E-state index in [-0.39, 0.29) is 17.6 Å². The molecule has 0 saturated heterocycles. The summed E-state index contributed by atoms with van der Waals surface area (Å²) in [5, 5.41) is 12.0. The highest BCUT2D eigenvalue weighted by atomic mass is 32.1. The lowest BCUT2D eigenvalue weighted by molar-refractivity contribution is 0.0696. The Morgan fingerprint density at radius 1 is 1.20 bits per heavy atom. The molecule has 2 heterocycles. The molecule has 0 spiro atoms. The van der Waals surface area contributed by atoms with Crippen molar-refractivity contribution in [1.82, 2.24) is 4.90 Å². The number of hydrogen-bond acceptors (Lipinski definition) is 3. The van der Waals surface area contributed by atoms with E-state index < -0.39 is 5.97 Å². The Balaban J connectivity index is 1.48. The van der Waals surface area contributed by atoms with E-state index in [1.54, 1.807) is 40.5 Å². The van der Waals surface area contributed by atoms with Crippen LogP contribution in [-0.2, 0) is 13.0 Å². The summed E-state index contributed by atoms with van der Waals surface area (Å²) in [6.45, 7) is 2.43. The van der Waals surface area contributed by atoms with Gasteiger partial charge in [-0.25, -0.2) is 9.59 Å². The summed E-state index contributed by atoms with van der Waals surface area (Å²) < 4.78 is 0. The fraction of sp³-hybridized carbons (Fsp3) is 0.167. The second kappa shape index (κ2) is 8.44. The average Bonchev–Trinajstić information content (AvgIpc) is 3.15. The van der Waals surface area contributed by atoms with Crippen molar-refractivity contribution in [2.24, 2.45) is 0 Å². The fourth-order valence-electron chi connectivity index (χ4n) is 3.35. The molecule has 2 aromatic carbocycles. The highest BCUT2D eigenvalue weighted by Crippen LogP contribution is 2.35. The van der Waals surface area contributed by atoms with Crippen LogP contribution in [0.25, 0.3) is 0 Å². The number of carbonyl (C=O) groups is 2. The third kappa shape index (κ3) is 4.22. The number of urea groups is 1. The van der Waals surface area contributed by atoms with Crippen molar-refractivity contribution in [2.45, 2.75) is 25.9 Å². The number of rotatable bonds is 4. The molecule has 4 rings (SSSR count). The monoisotopic (exact) mass is 416 g/mol. The second-order valence-corrected chi connectivity index (χ2v) is 8.21. The summed E-state index contributed by atoms with van der Waals surface area (Å²) in [6.07, 6.45) is 0.686. The predicted molar refractivity (Wildman–Crippen MR) is 118 cm³/mol. The van der Waals surface area contributed by atoms with Crippen LogP contribution in [0.4, 0.5) is 10.5 Å². The number of carboxylic acids is 1. The van der Waals surface area contributed by atoms with E-state index in [1.807, 2.05) is 31.2 Å². The first-order valence-electron chi connectivity index (χ1n) is 9.57. The maximum Gasteiger partial charge on any atom is 0.335 e. The van der Waals surface area contributed by atoms with Crippen molar-refractivity contribution in [3.8, 4) is 11.8 Å². The number of carboxylic acid groups (broad SMARTS) is 1. The minimum absolute atomic E-state index is 0.168. The molecular formula is C24H20N2O3S. The molecule has 1 aromatic heterocycles. The quantitative estimate of drug-likeness (QED) is 0.578. The molecule has 5 nitrogen and oxygen atoms in total. The Labute approximate surface area is 179 Å². The molecule has 1 unspecified atom stereocenters. The SMILES string of the molecule is CC(c1ccc(C(=O)O)cc1)N1Cc2sc(C#CCc3ccccc3)cc2NC1=O. The second-order valence-electron chi connectivity index (χ2n) is 7.07. The first-order valence-corrected chi connectivity index (χ1v) is 10.4. The molecule has 0 bridgehead atoms. The summed E-state index contributed by atoms with van der Waals surface area (Å²) in [6, 6.07) is 18.3. The maximum absolute atomic E-state index is 12.6. The fourth-order valence-corrected chi connectivity index (χ4v) is 4.34. The summed E-state index contributed by atoms with van der Waals surface area (Å²) >= 11 is 1.59. The van der Waals surface area contributed by atoms with Crippen molar-refractivity contribution in [1.29, 1.82) is 0 Å². The van der Waals surface area contributed by atoms with Gasteiger partial charge in [0.1, 0.15) is 0 Å². The molecule has 2 N–H and O–H groups in total. The van der Waals surface area contributed by atoms with Gasteiger partial charge in [0.05, 0.1) is 28.7 Å². The molecule has 1 aliphatic heterocycles. The van der Waals surface area contributed by atoms with Gasteiger partial charge in [-0.15, -0.1) is 11.3 Å². The first kappa shape index (κ1) is 19.7. The lowest BCUT2D eigenvalue weighted by Crippen LogP contribution is -2.39. The zero-order chi connectivity index (χ0) is 21.1. The van der Waals surface area contributed by atoms with Gasteiger partial charge in [-0.1, -0.05) is 54.3 Å². The van der Waals surface area contributed by atoms with Crippen molar-refractivity contribution < 1.29 is 14.7 Å². The maximum atomic E-state index is 12.6. The van der Waals surface area contributed by atoms with E-state index in [0.29, 0.717) is 13.0 Å². The van der Waals surface area contributed by atoms with E-state index >= 15 is 0 Å². The van der Waals surface area contributed by atoms with Crippen LogP contribution in [0.5, 0.6) is 0 Å². The zero-order valence-corrected chi connectivity index (χ0v) is 17.2. The van der Waals surface area contributed by atoms with Crippen LogP contribution in [0.2, 0.25) is 0 Å². The molecular weight excluding hydrogens is 396 g/mol. The third-order valence-corrected chi connectivity index (χ3v) is 6.12. The number of nitrogens with zero attached hydrogens (tertiary/aromatic N) is 1. The van der Waals surface area contributed by atoms with Gasteiger partial charge in [-0.05, 0) is 36.2 Å². The summed E-state index contributed by atoms with van der Waals surface area (Å²) in [4.78, 5) is 27.4. The number of amides is 2. The van der Waals surface area contributed by atoms with Crippen LogP contribution in [-0.4, -0.2) is 22.0 Å². The van der Waals surface area contributed by atoms with Crippen LogP contribution in [0, 0.1) is 11.8 Å². The van der Waals surface area contributed by atoms with E-state index in [4.69, 9.17) is 5.11 Å². The van der Waals surface area contributed by atoms with E-state index in [9.17, 15) is 9.59 Å². The van der Waals surface area contributed by atoms with Gasteiger partial charge in [0, 0.05) is 11.3 Å². The largest absolute Gasteiger partial charge is 0.478 e. The number of benzene rings is 2. The molecule has 0 fully saturated rings. The predicted octanol–water partition coefficient (Wildman–Crippen LogP) is 5.15. The van der Waals surface area contributed by atoms with E-state index in [1.165, 1.54) is 5.56 Å². The summed E-state index contributed by atoms with van der Waals surface area (Å²) in [5.41, 5.74) is 3.11. The Bertz CT molecular complexity index is 1140. The highest BCUT2D eigenvalue weighted by Gasteiger charge is 2.29. The Morgan fingerprint density at radius 2 is 1.93 bits per heavy atom. The zero-order valence-electron chi connectivity index (χ0n) is 16.4. The van der Waals surface area contributed by atoms with Gasteiger partial charge in [0.2, 0.25) is 0 Å². The highest BCUT2D eigenvalue weighted by molar-refractivity contribution is 7.13. The number of carbonyl (C=O) groups excluding carboxylic acids is 1. The molecule has 6 heteroatoms. The molecule has 0 aliphatic carbocycles. The average molecular weight is 417 g/mol. The molecule has 1 atom stereocenters. The number of fused-ring (bicyclic) bond motifs is 1. The minimum Gasteiger partial charge on any atom is -0.478 e. The van der Waals surface area contributed by atoms with E-state index in [2.05, 4.69) is 29.3 Å². The number of aromatic carboxylic acids is 1. The van der Waals surface area contributed by atoms with Crippen LogP contribution in [0.3, 0.4) is 0 Å². The van der Waals surface area contributed by atoms with Crippen LogP contribution in [0.15, 0.2) is 60.7 Å². The first-order chi connectivity index (χ1) is 14.5. The Morgan fingerprint density at radius 3 is 2.63 bits per heavy atom. The van der Waals surface area contributed by atoms with Crippen LogP contribution in [0.1, 0.15) is 44.2 Å².